The lowest BCUT2D eigenvalue weighted by Crippen LogP contribution is -1.81. The van der Waals surface area contributed by atoms with Crippen molar-refractivity contribution in [3.05, 3.63) is 33.5 Å². The molecule has 0 saturated carbocycles. The van der Waals surface area contributed by atoms with Crippen LogP contribution in [0.25, 0.3) is 11.5 Å². The normalized spacial score (nSPS) is 10.5. The number of hydrogen-bond acceptors (Lipinski definition) is 3. The number of aryl methyl sites for hydroxylation is 1. The molecule has 0 fully saturated rings. The average molecular weight is 274 g/mol. The first-order valence-corrected chi connectivity index (χ1v) is 5.09. The van der Waals surface area contributed by atoms with E-state index in [2.05, 4.69) is 26.1 Å². The van der Waals surface area contributed by atoms with Crippen LogP contribution >= 0.6 is 27.5 Å². The summed E-state index contributed by atoms with van der Waals surface area (Å²) in [5.41, 5.74) is 1.97. The van der Waals surface area contributed by atoms with Crippen LogP contribution in [0.15, 0.2) is 27.2 Å². The van der Waals surface area contributed by atoms with Crippen molar-refractivity contribution >= 4 is 27.5 Å². The first-order chi connectivity index (χ1) is 6.66. The van der Waals surface area contributed by atoms with Gasteiger partial charge in [-0.25, -0.2) is 0 Å². The molecule has 2 rings (SSSR count). The minimum atomic E-state index is 0.119. The van der Waals surface area contributed by atoms with Crippen molar-refractivity contribution in [1.82, 2.24) is 10.1 Å². The Morgan fingerprint density at radius 3 is 2.86 bits per heavy atom. The minimum Gasteiger partial charge on any atom is -0.333 e. The first kappa shape index (κ1) is 9.68. The van der Waals surface area contributed by atoms with Gasteiger partial charge in [0, 0.05) is 4.47 Å². The number of aromatic nitrogens is 2. The average Bonchev–Trinajstić information content (AvgIpc) is 2.56. The second kappa shape index (κ2) is 3.71. The summed E-state index contributed by atoms with van der Waals surface area (Å²) in [4.78, 5) is 3.94. The summed E-state index contributed by atoms with van der Waals surface area (Å²) >= 11 is 8.98. The highest BCUT2D eigenvalue weighted by Crippen LogP contribution is 2.28. The predicted molar refractivity (Wildman–Crippen MR) is 57.2 cm³/mol. The van der Waals surface area contributed by atoms with Gasteiger partial charge in [-0.15, -0.1) is 0 Å². The maximum absolute atomic E-state index is 5.57. The Morgan fingerprint density at radius 2 is 2.21 bits per heavy atom. The van der Waals surface area contributed by atoms with Gasteiger partial charge in [-0.1, -0.05) is 11.6 Å². The molecule has 0 radical (unpaired) electrons. The fourth-order valence-electron chi connectivity index (χ4n) is 1.12. The van der Waals surface area contributed by atoms with Crippen LogP contribution in [0.2, 0.25) is 5.28 Å². The van der Waals surface area contributed by atoms with Gasteiger partial charge in [0.1, 0.15) is 0 Å². The van der Waals surface area contributed by atoms with E-state index in [4.69, 9.17) is 16.1 Å². The van der Waals surface area contributed by atoms with Gasteiger partial charge in [0.25, 0.3) is 11.2 Å². The van der Waals surface area contributed by atoms with E-state index in [0.717, 1.165) is 15.6 Å². The van der Waals surface area contributed by atoms with Crippen LogP contribution in [0.1, 0.15) is 5.56 Å². The molecule has 0 atom stereocenters. The van der Waals surface area contributed by atoms with Crippen molar-refractivity contribution in [3.63, 3.8) is 0 Å². The van der Waals surface area contributed by atoms with E-state index in [1.807, 2.05) is 25.1 Å². The topological polar surface area (TPSA) is 38.9 Å². The summed E-state index contributed by atoms with van der Waals surface area (Å²) in [5.74, 6) is 0.422. The van der Waals surface area contributed by atoms with Crippen molar-refractivity contribution < 1.29 is 4.52 Å². The van der Waals surface area contributed by atoms with E-state index in [-0.39, 0.29) is 5.28 Å². The van der Waals surface area contributed by atoms with Gasteiger partial charge in [0.2, 0.25) is 0 Å². The fraction of sp³-hybridized carbons (Fsp3) is 0.111. The first-order valence-electron chi connectivity index (χ1n) is 3.92. The third-order valence-corrected chi connectivity index (χ3v) is 2.60. The van der Waals surface area contributed by atoms with Crippen LogP contribution in [-0.4, -0.2) is 10.1 Å². The largest absolute Gasteiger partial charge is 0.333 e. The SMILES string of the molecule is Cc1ccc(Br)c(-c2nc(Cl)no2)c1. The van der Waals surface area contributed by atoms with Gasteiger partial charge in [-0.2, -0.15) is 4.98 Å². The highest BCUT2D eigenvalue weighted by molar-refractivity contribution is 9.10. The highest BCUT2D eigenvalue weighted by Gasteiger charge is 2.10. The van der Waals surface area contributed by atoms with Crippen molar-refractivity contribution in [1.29, 1.82) is 0 Å². The number of halogens is 2. The molecule has 0 N–H and O–H groups in total. The maximum Gasteiger partial charge on any atom is 0.264 e. The monoisotopic (exact) mass is 272 g/mol. The van der Waals surface area contributed by atoms with Crippen LogP contribution in [0.5, 0.6) is 0 Å². The molecule has 0 unspecified atom stereocenters. The van der Waals surface area contributed by atoms with Crippen LogP contribution in [0.4, 0.5) is 0 Å². The highest BCUT2D eigenvalue weighted by atomic mass is 79.9. The molecule has 0 aliphatic carbocycles. The molecule has 0 bridgehead atoms. The third-order valence-electron chi connectivity index (χ3n) is 1.75. The molecule has 72 valence electrons. The number of nitrogens with zero attached hydrogens (tertiary/aromatic N) is 2. The van der Waals surface area contributed by atoms with E-state index >= 15 is 0 Å². The number of hydrogen-bond donors (Lipinski definition) is 0. The molecule has 0 amide bonds. The van der Waals surface area contributed by atoms with Gasteiger partial charge >= 0.3 is 0 Å². The zero-order chi connectivity index (χ0) is 10.1. The third kappa shape index (κ3) is 1.81. The fourth-order valence-corrected chi connectivity index (χ4v) is 1.65. The molecule has 3 nitrogen and oxygen atoms in total. The molecule has 2 aromatic rings. The second-order valence-electron chi connectivity index (χ2n) is 2.85. The summed E-state index contributed by atoms with van der Waals surface area (Å²) in [6.45, 7) is 1.99. The summed E-state index contributed by atoms with van der Waals surface area (Å²) in [5, 5.41) is 3.64. The Hall–Kier alpha value is -0.870. The number of benzene rings is 1. The molecular formula is C9H6BrClN2O. The molecule has 1 heterocycles. The van der Waals surface area contributed by atoms with Crippen molar-refractivity contribution in [2.75, 3.05) is 0 Å². The molecule has 14 heavy (non-hydrogen) atoms. The van der Waals surface area contributed by atoms with Crippen LogP contribution in [-0.2, 0) is 0 Å². The maximum atomic E-state index is 5.57. The molecule has 0 spiro atoms. The van der Waals surface area contributed by atoms with Crippen molar-refractivity contribution in [2.45, 2.75) is 6.92 Å². The predicted octanol–water partition coefficient (Wildman–Crippen LogP) is 3.46. The smallest absolute Gasteiger partial charge is 0.264 e. The molecular weight excluding hydrogens is 267 g/mol. The van der Waals surface area contributed by atoms with Gasteiger partial charge in [0.15, 0.2) is 0 Å². The Kier molecular flexibility index (Phi) is 2.56. The Bertz CT molecular complexity index is 470. The summed E-state index contributed by atoms with van der Waals surface area (Å²) in [6.07, 6.45) is 0. The Morgan fingerprint density at radius 1 is 1.43 bits per heavy atom. The molecule has 1 aromatic carbocycles. The summed E-state index contributed by atoms with van der Waals surface area (Å²) in [6, 6.07) is 5.88. The van der Waals surface area contributed by atoms with Crippen LogP contribution in [0.3, 0.4) is 0 Å². The van der Waals surface area contributed by atoms with Crippen molar-refractivity contribution in [3.8, 4) is 11.5 Å². The molecule has 0 aliphatic heterocycles. The van der Waals surface area contributed by atoms with E-state index in [1.54, 1.807) is 0 Å². The van der Waals surface area contributed by atoms with E-state index < -0.39 is 0 Å². The summed E-state index contributed by atoms with van der Waals surface area (Å²) < 4.78 is 5.87. The second-order valence-corrected chi connectivity index (χ2v) is 4.04. The van der Waals surface area contributed by atoms with Crippen LogP contribution < -0.4 is 0 Å². The Labute approximate surface area is 94.2 Å². The Balaban J connectivity index is 2.55. The number of rotatable bonds is 1. The van der Waals surface area contributed by atoms with Crippen LogP contribution in [0, 0.1) is 6.92 Å². The lowest BCUT2D eigenvalue weighted by atomic mass is 10.1. The molecule has 5 heteroatoms. The zero-order valence-electron chi connectivity index (χ0n) is 7.29. The van der Waals surface area contributed by atoms with E-state index in [1.165, 1.54) is 0 Å². The van der Waals surface area contributed by atoms with Gasteiger partial charge < -0.3 is 4.52 Å². The quantitative estimate of drug-likeness (QED) is 0.798. The van der Waals surface area contributed by atoms with E-state index in [9.17, 15) is 0 Å². The minimum absolute atomic E-state index is 0.119. The van der Waals surface area contributed by atoms with Gasteiger partial charge in [-0.3, -0.25) is 0 Å². The lowest BCUT2D eigenvalue weighted by molar-refractivity contribution is 0.430. The van der Waals surface area contributed by atoms with Gasteiger partial charge in [0.05, 0.1) is 5.56 Å². The van der Waals surface area contributed by atoms with Gasteiger partial charge in [-0.05, 0) is 51.7 Å². The van der Waals surface area contributed by atoms with E-state index in [0.29, 0.717) is 5.89 Å². The molecule has 0 saturated heterocycles. The standard InChI is InChI=1S/C9H6BrClN2O/c1-5-2-3-7(10)6(4-5)8-12-9(11)13-14-8/h2-4H,1H3. The summed E-state index contributed by atoms with van der Waals surface area (Å²) in [7, 11) is 0. The molecule has 1 aromatic heterocycles. The lowest BCUT2D eigenvalue weighted by Gasteiger charge is -1.99. The van der Waals surface area contributed by atoms with Crippen molar-refractivity contribution in [2.24, 2.45) is 0 Å². The molecule has 0 aliphatic rings. The zero-order valence-corrected chi connectivity index (χ0v) is 9.63.